The lowest BCUT2D eigenvalue weighted by Gasteiger charge is -2.42. The molecule has 1 heterocycles. The Bertz CT molecular complexity index is 1010. The number of aliphatic hydroxyl groups excluding tert-OH is 2. The number of nitrogens with one attached hydrogen (secondary N) is 1. The highest BCUT2D eigenvalue weighted by atomic mass is 16.6. The molecule has 2 amide bonds. The van der Waals surface area contributed by atoms with Crippen molar-refractivity contribution in [3.63, 3.8) is 0 Å². The van der Waals surface area contributed by atoms with Crippen molar-refractivity contribution < 1.29 is 39.5 Å². The van der Waals surface area contributed by atoms with Crippen LogP contribution in [0.3, 0.4) is 0 Å². The number of nitrogens with zero attached hydrogens (tertiary/aromatic N) is 1. The zero-order valence-corrected chi connectivity index (χ0v) is 22.1. The maximum atomic E-state index is 13.3. The number of phenolic OH excluding ortho intramolecular Hbond substituents is 2. The fraction of sp³-hybridized carbons (Fsp3) is 0.667. The van der Waals surface area contributed by atoms with Crippen molar-refractivity contribution in [1.29, 1.82) is 0 Å². The van der Waals surface area contributed by atoms with E-state index in [0.29, 0.717) is 24.3 Å². The Labute approximate surface area is 217 Å². The second-order valence-corrected chi connectivity index (χ2v) is 11.0. The number of rotatable bonds is 9. The van der Waals surface area contributed by atoms with Crippen LogP contribution in [0.4, 0.5) is 0 Å². The fourth-order valence-electron chi connectivity index (χ4n) is 5.69. The van der Waals surface area contributed by atoms with Crippen molar-refractivity contribution in [2.24, 2.45) is 11.3 Å². The van der Waals surface area contributed by atoms with Gasteiger partial charge in [0.05, 0.1) is 6.61 Å². The van der Waals surface area contributed by atoms with E-state index in [2.05, 4.69) is 26.1 Å². The van der Waals surface area contributed by atoms with Crippen LogP contribution in [0.15, 0.2) is 18.2 Å². The number of likely N-dealkylation sites (tertiary alicyclic amines) is 1. The highest BCUT2D eigenvalue weighted by Crippen LogP contribution is 2.53. The number of aliphatic hydroxyl groups is 2. The fourth-order valence-corrected chi connectivity index (χ4v) is 5.69. The average molecular weight is 521 g/mol. The second-order valence-electron chi connectivity index (χ2n) is 11.0. The minimum Gasteiger partial charge on any atom is -0.504 e. The summed E-state index contributed by atoms with van der Waals surface area (Å²) in [6.45, 7) is 7.89. The summed E-state index contributed by atoms with van der Waals surface area (Å²) in [5, 5.41) is 41.5. The minimum atomic E-state index is -1.57. The van der Waals surface area contributed by atoms with Crippen LogP contribution < -0.4 is 5.32 Å². The molecule has 5 N–H and O–H groups in total. The van der Waals surface area contributed by atoms with Crippen LogP contribution in [0.2, 0.25) is 0 Å². The molecule has 1 saturated heterocycles. The Morgan fingerprint density at radius 3 is 2.46 bits per heavy atom. The van der Waals surface area contributed by atoms with Crippen LogP contribution in [0.1, 0.15) is 65.4 Å². The van der Waals surface area contributed by atoms with Gasteiger partial charge in [0, 0.05) is 18.4 Å². The van der Waals surface area contributed by atoms with Gasteiger partial charge in [-0.2, -0.15) is 0 Å². The average Bonchev–Trinajstić information content (AvgIpc) is 3.42. The Hall–Kier alpha value is -2.85. The Kier molecular flexibility index (Phi) is 8.74. The lowest BCUT2D eigenvalue weighted by Crippen LogP contribution is -2.56. The van der Waals surface area contributed by atoms with Crippen LogP contribution in [0, 0.1) is 11.3 Å². The molecule has 206 valence electrons. The number of ether oxygens (including phenoxy) is 1. The number of carbonyl (C=O) groups is 3. The van der Waals surface area contributed by atoms with E-state index in [1.54, 1.807) is 0 Å². The van der Waals surface area contributed by atoms with Crippen LogP contribution in [-0.4, -0.2) is 80.1 Å². The van der Waals surface area contributed by atoms with E-state index >= 15 is 0 Å². The molecule has 1 aromatic rings. The van der Waals surface area contributed by atoms with Crippen molar-refractivity contribution in [2.75, 3.05) is 13.2 Å². The predicted octanol–water partition coefficient (Wildman–Crippen LogP) is 1.62. The monoisotopic (exact) mass is 520 g/mol. The van der Waals surface area contributed by atoms with Crippen molar-refractivity contribution in [3.8, 4) is 11.5 Å². The second kappa shape index (κ2) is 11.3. The van der Waals surface area contributed by atoms with E-state index in [1.165, 1.54) is 23.1 Å². The van der Waals surface area contributed by atoms with Crippen LogP contribution in [-0.2, 0) is 25.5 Å². The summed E-state index contributed by atoms with van der Waals surface area (Å²) < 4.78 is 6.07. The topological polar surface area (TPSA) is 157 Å². The van der Waals surface area contributed by atoms with Gasteiger partial charge >= 0.3 is 5.97 Å². The van der Waals surface area contributed by atoms with Crippen LogP contribution in [0.5, 0.6) is 11.5 Å². The highest BCUT2D eigenvalue weighted by Gasteiger charge is 2.54. The third-order valence-electron chi connectivity index (χ3n) is 8.55. The van der Waals surface area contributed by atoms with E-state index in [-0.39, 0.29) is 29.9 Å². The quantitative estimate of drug-likeness (QED) is 0.243. The van der Waals surface area contributed by atoms with Crippen molar-refractivity contribution in [2.45, 2.75) is 90.0 Å². The third kappa shape index (κ3) is 5.85. The van der Waals surface area contributed by atoms with Crippen LogP contribution >= 0.6 is 0 Å². The van der Waals surface area contributed by atoms with E-state index in [0.717, 1.165) is 19.3 Å². The number of amides is 2. The van der Waals surface area contributed by atoms with Gasteiger partial charge in [-0.25, -0.2) is 4.79 Å². The largest absolute Gasteiger partial charge is 0.504 e. The van der Waals surface area contributed by atoms with E-state index in [9.17, 15) is 34.8 Å². The van der Waals surface area contributed by atoms with E-state index < -0.39 is 48.2 Å². The first-order valence-electron chi connectivity index (χ1n) is 13.0. The molecule has 1 aliphatic heterocycles. The number of carbonyl (C=O) groups excluding carboxylic acids is 3. The highest BCUT2D eigenvalue weighted by molar-refractivity contribution is 5.92. The van der Waals surface area contributed by atoms with Crippen molar-refractivity contribution in [3.05, 3.63) is 23.8 Å². The first-order valence-corrected chi connectivity index (χ1v) is 13.0. The molecule has 10 heteroatoms. The smallest absolute Gasteiger partial charge is 0.329 e. The molecule has 10 nitrogen and oxygen atoms in total. The predicted molar refractivity (Wildman–Crippen MR) is 135 cm³/mol. The van der Waals surface area contributed by atoms with Gasteiger partial charge in [-0.3, -0.25) is 9.59 Å². The number of esters is 1. The molecule has 0 spiro atoms. The molecular formula is C27H40N2O8. The molecule has 0 bridgehead atoms. The van der Waals surface area contributed by atoms with Gasteiger partial charge in [-0.05, 0) is 56.2 Å². The van der Waals surface area contributed by atoms with Crippen molar-refractivity contribution in [1.82, 2.24) is 10.2 Å². The summed E-state index contributed by atoms with van der Waals surface area (Å²) >= 11 is 0. The van der Waals surface area contributed by atoms with Gasteiger partial charge in [0.2, 0.25) is 11.8 Å². The van der Waals surface area contributed by atoms with Crippen molar-refractivity contribution >= 4 is 17.8 Å². The van der Waals surface area contributed by atoms with Gasteiger partial charge in [0.1, 0.15) is 23.8 Å². The summed E-state index contributed by atoms with van der Waals surface area (Å²) in [4.78, 5) is 40.4. The minimum absolute atomic E-state index is 0.183. The third-order valence-corrected chi connectivity index (χ3v) is 8.55. The first-order chi connectivity index (χ1) is 17.3. The molecule has 1 aliphatic carbocycles. The Morgan fingerprint density at radius 1 is 1.16 bits per heavy atom. The van der Waals surface area contributed by atoms with E-state index in [1.807, 2.05) is 6.92 Å². The maximum absolute atomic E-state index is 13.3. The summed E-state index contributed by atoms with van der Waals surface area (Å²) in [5.41, 5.74) is -0.475. The number of hydrogen-bond acceptors (Lipinski definition) is 8. The number of benzene rings is 1. The number of phenols is 2. The molecule has 1 aromatic carbocycles. The molecule has 4 unspecified atom stereocenters. The number of hydrogen-bond donors (Lipinski definition) is 5. The molecule has 3 rings (SSSR count). The molecule has 1 saturated carbocycles. The summed E-state index contributed by atoms with van der Waals surface area (Å²) in [6, 6.07) is 1.74. The van der Waals surface area contributed by atoms with Gasteiger partial charge < -0.3 is 35.4 Å². The van der Waals surface area contributed by atoms with Gasteiger partial charge in [-0.1, -0.05) is 33.3 Å². The molecule has 5 atom stereocenters. The van der Waals surface area contributed by atoms with E-state index in [4.69, 9.17) is 4.74 Å². The normalized spacial score (nSPS) is 26.5. The first kappa shape index (κ1) is 28.7. The lowest BCUT2D eigenvalue weighted by atomic mass is 9.72. The summed E-state index contributed by atoms with van der Waals surface area (Å²) in [6.07, 6.45) is 1.96. The van der Waals surface area contributed by atoms with Gasteiger partial charge in [0.25, 0.3) is 0 Å². The van der Waals surface area contributed by atoms with Gasteiger partial charge in [-0.15, -0.1) is 0 Å². The SMILES string of the molecule is CC[C@@H]1CCC(C)(OC(=O)C2CCCN2C(=O)C(CO)NC(=O)C(O)Cc2ccc(O)c(O)c2)C1(C)C. The molecule has 37 heavy (non-hydrogen) atoms. The Morgan fingerprint density at radius 2 is 1.86 bits per heavy atom. The Balaban J connectivity index is 1.64. The molecular weight excluding hydrogens is 480 g/mol. The zero-order valence-electron chi connectivity index (χ0n) is 22.1. The molecule has 2 fully saturated rings. The molecule has 2 aliphatic rings. The summed E-state index contributed by atoms with van der Waals surface area (Å²) in [7, 11) is 0. The van der Waals surface area contributed by atoms with Crippen LogP contribution in [0.25, 0.3) is 0 Å². The molecule has 0 radical (unpaired) electrons. The number of aromatic hydroxyl groups is 2. The molecule has 0 aromatic heterocycles. The summed E-state index contributed by atoms with van der Waals surface area (Å²) in [5.74, 6) is -2.27. The maximum Gasteiger partial charge on any atom is 0.329 e. The lowest BCUT2D eigenvalue weighted by molar-refractivity contribution is -0.177. The van der Waals surface area contributed by atoms with Gasteiger partial charge in [0.15, 0.2) is 11.5 Å². The standard InChI is InChI=1S/C27H40N2O8/c1-5-17-10-11-27(4,26(17,2)3)37-25(36)19-7-6-12-29(19)24(35)18(15-30)28-23(34)22(33)14-16-8-9-20(31)21(32)13-16/h8-9,13,17-19,22,30-33H,5-7,10-12,14-15H2,1-4H3,(H,28,34)/t17-,18?,19?,22?,27?/m1/s1. The zero-order chi connectivity index (χ0) is 27.5.